The summed E-state index contributed by atoms with van der Waals surface area (Å²) in [6.45, 7) is 3.47. The van der Waals surface area contributed by atoms with Crippen LogP contribution in [-0.2, 0) is 14.3 Å². The highest BCUT2D eigenvalue weighted by Crippen LogP contribution is 2.38. The highest BCUT2D eigenvalue weighted by atomic mass is 16.6. The first kappa shape index (κ1) is 16.4. The zero-order chi connectivity index (χ0) is 16.8. The maximum Gasteiger partial charge on any atom is 0.412 e. The second-order valence-electron chi connectivity index (χ2n) is 4.50. The molecule has 0 saturated carbocycles. The minimum Gasteiger partial charge on any atom is -0.493 e. The Morgan fingerprint density at radius 2 is 2.17 bits per heavy atom. The van der Waals surface area contributed by atoms with Crippen LogP contribution in [-0.4, -0.2) is 32.9 Å². The van der Waals surface area contributed by atoms with Crippen LogP contribution in [0.25, 0.3) is 0 Å². The van der Waals surface area contributed by atoms with Crippen molar-refractivity contribution in [1.82, 2.24) is 5.32 Å². The van der Waals surface area contributed by atoms with Crippen molar-refractivity contribution in [3.05, 3.63) is 48.2 Å². The monoisotopic (exact) mass is 319 g/mol. The number of benzene rings is 1. The molecule has 1 N–H and O–H groups in total. The molecule has 0 fully saturated rings. The van der Waals surface area contributed by atoms with Gasteiger partial charge in [-0.1, -0.05) is 24.8 Å². The summed E-state index contributed by atoms with van der Waals surface area (Å²) in [4.78, 5) is 23.4. The molecule has 0 bridgehead atoms. The lowest BCUT2D eigenvalue weighted by Crippen LogP contribution is -2.26. The van der Waals surface area contributed by atoms with E-state index in [1.54, 1.807) is 18.2 Å². The predicted octanol–water partition coefficient (Wildman–Crippen LogP) is 2.10. The molecule has 7 nitrogen and oxygen atoms in total. The van der Waals surface area contributed by atoms with E-state index in [-0.39, 0.29) is 12.3 Å². The lowest BCUT2D eigenvalue weighted by Gasteiger charge is -2.15. The number of rotatable bonds is 6. The molecule has 1 atom stereocenters. The number of hydrogen-bond acceptors (Lipinski definition) is 6. The average molecular weight is 319 g/mol. The zero-order valence-corrected chi connectivity index (χ0v) is 12.8. The van der Waals surface area contributed by atoms with E-state index in [0.717, 1.165) is 0 Å². The van der Waals surface area contributed by atoms with Crippen molar-refractivity contribution >= 4 is 12.1 Å². The molecule has 1 aliphatic rings. The number of hydrogen-bond donors (Lipinski definition) is 1. The molecule has 0 aromatic heterocycles. The van der Waals surface area contributed by atoms with Crippen LogP contribution in [0.1, 0.15) is 11.7 Å². The van der Waals surface area contributed by atoms with Gasteiger partial charge < -0.3 is 18.9 Å². The van der Waals surface area contributed by atoms with Crippen molar-refractivity contribution in [3.63, 3.8) is 0 Å². The van der Waals surface area contributed by atoms with E-state index < -0.39 is 18.2 Å². The van der Waals surface area contributed by atoms with Crippen molar-refractivity contribution in [2.24, 2.45) is 0 Å². The Labute approximate surface area is 133 Å². The van der Waals surface area contributed by atoms with Gasteiger partial charge in [-0.15, -0.1) is 0 Å². The highest BCUT2D eigenvalue weighted by Gasteiger charge is 2.31. The Morgan fingerprint density at radius 3 is 2.83 bits per heavy atom. The van der Waals surface area contributed by atoms with E-state index in [0.29, 0.717) is 17.1 Å². The molecule has 1 aromatic rings. The average Bonchev–Trinajstić information content (AvgIpc) is 2.92. The molecule has 2 rings (SSSR count). The van der Waals surface area contributed by atoms with E-state index in [2.05, 4.69) is 11.9 Å². The summed E-state index contributed by atoms with van der Waals surface area (Å²) >= 11 is 0. The van der Waals surface area contributed by atoms with Crippen molar-refractivity contribution in [2.75, 3.05) is 20.8 Å². The molecule has 0 radical (unpaired) electrons. The van der Waals surface area contributed by atoms with Crippen LogP contribution in [0, 0.1) is 0 Å². The summed E-state index contributed by atoms with van der Waals surface area (Å²) in [6.07, 6.45) is 1.45. The lowest BCUT2D eigenvalue weighted by atomic mass is 10.1. The normalized spacial score (nSPS) is 16.2. The Bertz CT molecular complexity index is 652. The van der Waals surface area contributed by atoms with Gasteiger partial charge in [0.25, 0.3) is 0 Å². The van der Waals surface area contributed by atoms with Crippen LogP contribution in [0.4, 0.5) is 4.79 Å². The van der Waals surface area contributed by atoms with E-state index in [4.69, 9.17) is 18.9 Å². The topological polar surface area (TPSA) is 83.1 Å². The van der Waals surface area contributed by atoms with E-state index >= 15 is 0 Å². The van der Waals surface area contributed by atoms with Crippen molar-refractivity contribution in [3.8, 4) is 11.5 Å². The summed E-state index contributed by atoms with van der Waals surface area (Å²) in [6, 6.07) is 5.23. The number of carbonyl (C=O) groups excluding carboxylic acids is 2. The number of methoxy groups -OCH3 is 2. The number of amides is 1. The van der Waals surface area contributed by atoms with E-state index in [1.165, 1.54) is 26.4 Å². The molecule has 1 aliphatic heterocycles. The molecule has 1 unspecified atom stereocenters. The fourth-order valence-corrected chi connectivity index (χ4v) is 2.09. The SMILES string of the molecule is C=CCOC(=O)NC1=CC(c2cccc(OC)c2OC)OC1=O. The highest BCUT2D eigenvalue weighted by molar-refractivity contribution is 5.94. The number of esters is 1. The van der Waals surface area contributed by atoms with Gasteiger partial charge in [-0.25, -0.2) is 9.59 Å². The zero-order valence-electron chi connectivity index (χ0n) is 12.8. The largest absolute Gasteiger partial charge is 0.493 e. The summed E-state index contributed by atoms with van der Waals surface area (Å²) in [5.41, 5.74) is 0.616. The third-order valence-corrected chi connectivity index (χ3v) is 3.08. The summed E-state index contributed by atoms with van der Waals surface area (Å²) < 4.78 is 20.5. The fraction of sp³-hybridized carbons (Fsp3) is 0.250. The van der Waals surface area contributed by atoms with Crippen LogP contribution in [0.15, 0.2) is 42.6 Å². The van der Waals surface area contributed by atoms with Gasteiger partial charge in [0.15, 0.2) is 17.6 Å². The molecule has 122 valence electrons. The maximum absolute atomic E-state index is 11.9. The maximum atomic E-state index is 11.9. The summed E-state index contributed by atoms with van der Waals surface area (Å²) in [7, 11) is 3.01. The van der Waals surface area contributed by atoms with Gasteiger partial charge in [0.2, 0.25) is 0 Å². The van der Waals surface area contributed by atoms with Crippen LogP contribution in [0.3, 0.4) is 0 Å². The first-order valence-corrected chi connectivity index (χ1v) is 6.79. The van der Waals surface area contributed by atoms with Crippen LogP contribution >= 0.6 is 0 Å². The molecule has 0 saturated heterocycles. The second kappa shape index (κ2) is 7.35. The number of carbonyl (C=O) groups is 2. The van der Waals surface area contributed by atoms with E-state index in [1.807, 2.05) is 0 Å². The third-order valence-electron chi connectivity index (χ3n) is 3.08. The van der Waals surface area contributed by atoms with Crippen LogP contribution in [0.5, 0.6) is 11.5 Å². The number of cyclic esters (lactones) is 1. The standard InChI is InChI=1S/C16H17NO6/c1-4-8-22-16(19)17-11-9-13(23-15(11)18)10-6-5-7-12(20-2)14(10)21-3/h4-7,9,13H,1,8H2,2-3H3,(H,17,19). The van der Waals surface area contributed by atoms with Gasteiger partial charge in [-0.2, -0.15) is 0 Å². The van der Waals surface area contributed by atoms with Crippen molar-refractivity contribution in [1.29, 1.82) is 0 Å². The van der Waals surface area contributed by atoms with Crippen LogP contribution < -0.4 is 14.8 Å². The van der Waals surface area contributed by atoms with Gasteiger partial charge >= 0.3 is 12.1 Å². The van der Waals surface area contributed by atoms with Gasteiger partial charge in [-0.3, -0.25) is 5.32 Å². The Hall–Kier alpha value is -2.96. The molecular formula is C16H17NO6. The van der Waals surface area contributed by atoms with Gasteiger partial charge in [0.1, 0.15) is 12.3 Å². The molecule has 1 amide bonds. The summed E-state index contributed by atoms with van der Waals surface area (Å²) in [5, 5.41) is 2.33. The lowest BCUT2D eigenvalue weighted by molar-refractivity contribution is -0.140. The first-order valence-electron chi connectivity index (χ1n) is 6.79. The van der Waals surface area contributed by atoms with Crippen molar-refractivity contribution < 1.29 is 28.5 Å². The predicted molar refractivity (Wildman–Crippen MR) is 81.1 cm³/mol. The molecule has 1 heterocycles. The van der Waals surface area contributed by atoms with Gasteiger partial charge in [-0.05, 0) is 12.1 Å². The summed E-state index contributed by atoms with van der Waals surface area (Å²) in [5.74, 6) is 0.316. The molecule has 0 aliphatic carbocycles. The number of ether oxygens (including phenoxy) is 4. The van der Waals surface area contributed by atoms with Gasteiger partial charge in [0.05, 0.1) is 14.2 Å². The third kappa shape index (κ3) is 3.63. The quantitative estimate of drug-likeness (QED) is 0.638. The van der Waals surface area contributed by atoms with E-state index in [9.17, 15) is 9.59 Å². The molecule has 23 heavy (non-hydrogen) atoms. The number of para-hydroxylation sites is 1. The smallest absolute Gasteiger partial charge is 0.412 e. The molecular weight excluding hydrogens is 302 g/mol. The fourth-order valence-electron chi connectivity index (χ4n) is 2.09. The number of alkyl carbamates (subject to hydrolysis) is 1. The number of nitrogens with one attached hydrogen (secondary N) is 1. The Balaban J connectivity index is 2.21. The molecule has 7 heteroatoms. The first-order chi connectivity index (χ1) is 11.1. The van der Waals surface area contributed by atoms with Crippen molar-refractivity contribution in [2.45, 2.75) is 6.10 Å². The van der Waals surface area contributed by atoms with Crippen LogP contribution in [0.2, 0.25) is 0 Å². The molecule has 0 spiro atoms. The minimum absolute atomic E-state index is 0.00827. The molecule has 1 aromatic carbocycles. The minimum atomic E-state index is -0.758. The Morgan fingerprint density at radius 1 is 1.39 bits per heavy atom. The Kier molecular flexibility index (Phi) is 5.24. The van der Waals surface area contributed by atoms with Gasteiger partial charge in [0, 0.05) is 5.56 Å². The second-order valence-corrected chi connectivity index (χ2v) is 4.50.